The molecule has 0 spiro atoms. The zero-order valence-corrected chi connectivity index (χ0v) is 8.27. The van der Waals surface area contributed by atoms with E-state index in [4.69, 9.17) is 0 Å². The second-order valence-electron chi connectivity index (χ2n) is 2.75. The van der Waals surface area contributed by atoms with E-state index >= 15 is 0 Å². The van der Waals surface area contributed by atoms with Gasteiger partial charge in [-0.3, -0.25) is 0 Å². The molecular formula is C7H16O3P-. The fourth-order valence-corrected chi connectivity index (χ4v) is 1.25. The van der Waals surface area contributed by atoms with E-state index in [1.54, 1.807) is 0 Å². The Hall–Kier alpha value is 0.150. The molecule has 0 aliphatic heterocycles. The van der Waals surface area contributed by atoms with Gasteiger partial charge in [-0.1, -0.05) is 26.7 Å². The lowest BCUT2D eigenvalue weighted by Crippen LogP contribution is -2.10. The molecule has 0 heterocycles. The number of hydrogen-bond acceptors (Lipinski definition) is 3. The molecule has 0 aromatic rings. The highest BCUT2D eigenvalue weighted by Crippen LogP contribution is 2.32. The van der Waals surface area contributed by atoms with Gasteiger partial charge in [-0.25, -0.2) is 0 Å². The van der Waals surface area contributed by atoms with E-state index in [1.165, 1.54) is 0 Å². The van der Waals surface area contributed by atoms with Gasteiger partial charge in [-0.2, -0.15) is 0 Å². The van der Waals surface area contributed by atoms with Gasteiger partial charge >= 0.3 is 0 Å². The van der Waals surface area contributed by atoms with Gasteiger partial charge in [-0.15, -0.1) is 0 Å². The van der Waals surface area contributed by atoms with Crippen LogP contribution >= 0.6 is 7.60 Å². The van der Waals surface area contributed by atoms with Gasteiger partial charge in [-0.05, 0) is 5.92 Å². The molecular weight excluding hydrogens is 163 g/mol. The highest BCUT2D eigenvalue weighted by Gasteiger charge is 2.06. The molecule has 68 valence electrons. The van der Waals surface area contributed by atoms with Gasteiger partial charge in [0.15, 0.2) is 0 Å². The molecule has 1 atom stereocenters. The van der Waals surface area contributed by atoms with E-state index in [1.807, 2.05) is 13.8 Å². The molecule has 1 unspecified atom stereocenters. The summed E-state index contributed by atoms with van der Waals surface area (Å²) in [5.74, 6) is 0.372. The fraction of sp³-hybridized carbons (Fsp3) is 1.00. The fourth-order valence-electron chi connectivity index (χ4n) is 0.765. The first kappa shape index (κ1) is 11.2. The molecule has 11 heavy (non-hydrogen) atoms. The smallest absolute Gasteiger partial charge is 0.131 e. The maximum Gasteiger partial charge on any atom is 0.131 e. The van der Waals surface area contributed by atoms with Crippen molar-refractivity contribution in [2.75, 3.05) is 13.3 Å². The van der Waals surface area contributed by atoms with Crippen molar-refractivity contribution >= 4 is 7.60 Å². The summed E-state index contributed by atoms with van der Waals surface area (Å²) in [5.41, 5.74) is 0. The zero-order chi connectivity index (χ0) is 8.91. The Balaban J connectivity index is 3.59. The molecule has 3 nitrogen and oxygen atoms in total. The summed E-state index contributed by atoms with van der Waals surface area (Å²) in [5, 5.41) is 0. The molecule has 0 aromatic heterocycles. The third-order valence-corrected chi connectivity index (χ3v) is 2.32. The van der Waals surface area contributed by atoms with Crippen LogP contribution in [0.5, 0.6) is 0 Å². The van der Waals surface area contributed by atoms with Gasteiger partial charge in [0.1, 0.15) is 7.60 Å². The lowest BCUT2D eigenvalue weighted by Gasteiger charge is -2.21. The van der Waals surface area contributed by atoms with Crippen LogP contribution < -0.4 is 4.89 Å². The minimum atomic E-state index is -3.50. The topological polar surface area (TPSA) is 49.4 Å². The summed E-state index contributed by atoms with van der Waals surface area (Å²) in [7, 11) is -3.50. The molecule has 0 N–H and O–H groups in total. The molecule has 0 rings (SSSR count). The Labute approximate surface area is 68.3 Å². The van der Waals surface area contributed by atoms with Crippen molar-refractivity contribution in [3.05, 3.63) is 0 Å². The molecule has 0 saturated heterocycles. The number of rotatable bonds is 5. The number of hydrogen-bond donors (Lipinski definition) is 0. The predicted molar refractivity (Wildman–Crippen MR) is 43.6 cm³/mol. The first-order chi connectivity index (χ1) is 4.99. The second-order valence-corrected chi connectivity index (χ2v) is 4.55. The maximum atomic E-state index is 10.6. The van der Waals surface area contributed by atoms with Gasteiger partial charge in [0.05, 0.1) is 6.61 Å². The molecule has 0 bridgehead atoms. The Morgan fingerprint density at radius 3 is 2.18 bits per heavy atom. The first-order valence-corrected chi connectivity index (χ1v) is 5.91. The maximum absolute atomic E-state index is 10.6. The Morgan fingerprint density at radius 2 is 1.91 bits per heavy atom. The third-order valence-electron chi connectivity index (χ3n) is 1.70. The minimum absolute atomic E-state index is 0.338. The van der Waals surface area contributed by atoms with Crippen LogP contribution in [-0.4, -0.2) is 13.3 Å². The molecule has 0 aliphatic rings. The van der Waals surface area contributed by atoms with Gasteiger partial charge in [0, 0.05) is 6.66 Å². The van der Waals surface area contributed by atoms with Crippen molar-refractivity contribution in [2.24, 2.45) is 5.92 Å². The quantitative estimate of drug-likeness (QED) is 0.602. The average Bonchev–Trinajstić information content (AvgIpc) is 1.88. The van der Waals surface area contributed by atoms with Crippen LogP contribution in [0.25, 0.3) is 0 Å². The minimum Gasteiger partial charge on any atom is -0.779 e. The van der Waals surface area contributed by atoms with Crippen molar-refractivity contribution in [2.45, 2.75) is 26.7 Å². The van der Waals surface area contributed by atoms with E-state index in [0.717, 1.165) is 19.5 Å². The molecule has 0 radical (unpaired) electrons. The SMILES string of the molecule is CCC(CC)COP(C)(=O)[O-]. The second kappa shape index (κ2) is 4.91. The summed E-state index contributed by atoms with van der Waals surface area (Å²) in [6.07, 6.45) is 1.94. The Morgan fingerprint density at radius 1 is 1.45 bits per heavy atom. The van der Waals surface area contributed by atoms with Crippen LogP contribution in [0.3, 0.4) is 0 Å². The van der Waals surface area contributed by atoms with Crippen molar-refractivity contribution in [1.29, 1.82) is 0 Å². The summed E-state index contributed by atoms with van der Waals surface area (Å²) >= 11 is 0. The van der Waals surface area contributed by atoms with E-state index in [9.17, 15) is 9.46 Å². The summed E-state index contributed by atoms with van der Waals surface area (Å²) < 4.78 is 15.2. The zero-order valence-electron chi connectivity index (χ0n) is 7.37. The monoisotopic (exact) mass is 179 g/mol. The molecule has 0 saturated carbocycles. The Kier molecular flexibility index (Phi) is 4.98. The highest BCUT2D eigenvalue weighted by molar-refractivity contribution is 7.50. The Bertz CT molecular complexity index is 137. The van der Waals surface area contributed by atoms with Gasteiger partial charge in [0.25, 0.3) is 0 Å². The molecule has 4 heteroatoms. The van der Waals surface area contributed by atoms with Crippen LogP contribution in [0.4, 0.5) is 0 Å². The van der Waals surface area contributed by atoms with E-state index < -0.39 is 7.60 Å². The lowest BCUT2D eigenvalue weighted by atomic mass is 10.1. The first-order valence-electron chi connectivity index (χ1n) is 3.92. The average molecular weight is 179 g/mol. The molecule has 0 aliphatic carbocycles. The highest BCUT2D eigenvalue weighted by atomic mass is 31.2. The van der Waals surface area contributed by atoms with Crippen LogP contribution in [0, 0.1) is 5.92 Å². The van der Waals surface area contributed by atoms with Gasteiger partial charge in [0.2, 0.25) is 0 Å². The molecule has 0 aromatic carbocycles. The van der Waals surface area contributed by atoms with Crippen LogP contribution in [-0.2, 0) is 9.09 Å². The predicted octanol–water partition coefficient (Wildman–Crippen LogP) is 1.62. The van der Waals surface area contributed by atoms with Crippen molar-refractivity contribution in [1.82, 2.24) is 0 Å². The lowest BCUT2D eigenvalue weighted by molar-refractivity contribution is -0.197. The summed E-state index contributed by atoms with van der Waals surface area (Å²) in [6, 6.07) is 0. The molecule has 0 fully saturated rings. The van der Waals surface area contributed by atoms with Crippen molar-refractivity contribution in [3.8, 4) is 0 Å². The standard InChI is InChI=1S/C7H17O3P/c1-4-7(5-2)6-10-11(3,8)9/h7H,4-6H2,1-3H3,(H,8,9)/p-1. The van der Waals surface area contributed by atoms with E-state index in [-0.39, 0.29) is 0 Å². The van der Waals surface area contributed by atoms with Gasteiger partial charge < -0.3 is 14.0 Å². The molecule has 0 amide bonds. The van der Waals surface area contributed by atoms with Crippen LogP contribution in [0.2, 0.25) is 0 Å². The normalized spacial score (nSPS) is 16.8. The third kappa shape index (κ3) is 6.54. The van der Waals surface area contributed by atoms with Crippen LogP contribution in [0.1, 0.15) is 26.7 Å². The van der Waals surface area contributed by atoms with Crippen molar-refractivity contribution in [3.63, 3.8) is 0 Å². The summed E-state index contributed by atoms with van der Waals surface area (Å²) in [4.78, 5) is 10.6. The van der Waals surface area contributed by atoms with E-state index in [2.05, 4.69) is 4.52 Å². The van der Waals surface area contributed by atoms with E-state index in [0.29, 0.717) is 12.5 Å². The van der Waals surface area contributed by atoms with Crippen molar-refractivity contribution < 1.29 is 14.0 Å². The van der Waals surface area contributed by atoms with Crippen LogP contribution in [0.15, 0.2) is 0 Å². The summed E-state index contributed by atoms with van der Waals surface area (Å²) in [6.45, 7) is 5.51. The largest absolute Gasteiger partial charge is 0.779 e.